The van der Waals surface area contributed by atoms with Crippen LogP contribution in [0.2, 0.25) is 0 Å². The van der Waals surface area contributed by atoms with Gasteiger partial charge in [0.2, 0.25) is 5.91 Å². The molecule has 0 bridgehead atoms. The van der Waals surface area contributed by atoms with Gasteiger partial charge < -0.3 is 10.2 Å². The van der Waals surface area contributed by atoms with E-state index in [2.05, 4.69) is 36.5 Å². The topological polar surface area (TPSA) is 32.3 Å². The summed E-state index contributed by atoms with van der Waals surface area (Å²) in [4.78, 5) is 14.0. The van der Waals surface area contributed by atoms with Gasteiger partial charge in [0.05, 0.1) is 0 Å². The predicted molar refractivity (Wildman–Crippen MR) is 78.1 cm³/mol. The van der Waals surface area contributed by atoms with Crippen LogP contribution in [0.4, 0.5) is 0 Å². The van der Waals surface area contributed by atoms with Gasteiger partial charge in [0.15, 0.2) is 0 Å². The highest BCUT2D eigenvalue weighted by Gasteiger charge is 2.18. The minimum atomic E-state index is 0.257. The minimum absolute atomic E-state index is 0.257. The lowest BCUT2D eigenvalue weighted by Crippen LogP contribution is -2.32. The number of rotatable bonds is 5. The third-order valence-electron chi connectivity index (χ3n) is 3.87. The van der Waals surface area contributed by atoms with E-state index in [4.69, 9.17) is 0 Å². The standard InChI is InChI=1S/C16H24N2O/c1-13-3-5-14(6-4-13)7-8-16(19)18(2)12-15-9-10-17-11-15/h3-6,15,17H,7-12H2,1-2H3. The summed E-state index contributed by atoms with van der Waals surface area (Å²) in [6.07, 6.45) is 2.64. The van der Waals surface area contributed by atoms with Gasteiger partial charge in [-0.25, -0.2) is 0 Å². The molecule has 1 aliphatic heterocycles. The summed E-state index contributed by atoms with van der Waals surface area (Å²) in [5.74, 6) is 0.890. The molecule has 0 saturated carbocycles. The van der Waals surface area contributed by atoms with Gasteiger partial charge in [-0.15, -0.1) is 0 Å². The van der Waals surface area contributed by atoms with Crippen LogP contribution in [0, 0.1) is 12.8 Å². The molecule has 0 aromatic heterocycles. The molecule has 1 N–H and O–H groups in total. The Morgan fingerprint density at radius 3 is 2.74 bits per heavy atom. The summed E-state index contributed by atoms with van der Waals surface area (Å²) in [6.45, 7) is 5.11. The lowest BCUT2D eigenvalue weighted by molar-refractivity contribution is -0.130. The Morgan fingerprint density at radius 1 is 1.37 bits per heavy atom. The number of hydrogen-bond acceptors (Lipinski definition) is 2. The molecule has 2 rings (SSSR count). The largest absolute Gasteiger partial charge is 0.345 e. The van der Waals surface area contributed by atoms with E-state index in [-0.39, 0.29) is 5.91 Å². The molecule has 0 aliphatic carbocycles. The van der Waals surface area contributed by atoms with E-state index in [9.17, 15) is 4.79 Å². The Hall–Kier alpha value is -1.35. The van der Waals surface area contributed by atoms with Gasteiger partial charge in [-0.1, -0.05) is 29.8 Å². The molecule has 1 unspecified atom stereocenters. The van der Waals surface area contributed by atoms with E-state index in [1.807, 2.05) is 11.9 Å². The molecule has 0 spiro atoms. The number of nitrogens with one attached hydrogen (secondary N) is 1. The van der Waals surface area contributed by atoms with Crippen LogP contribution in [0.1, 0.15) is 24.0 Å². The van der Waals surface area contributed by atoms with Crippen molar-refractivity contribution in [3.05, 3.63) is 35.4 Å². The Labute approximate surface area is 116 Å². The molecular formula is C16H24N2O. The van der Waals surface area contributed by atoms with Crippen LogP contribution in [0.3, 0.4) is 0 Å². The molecule has 1 saturated heterocycles. The SMILES string of the molecule is Cc1ccc(CCC(=O)N(C)CC2CCNC2)cc1. The van der Waals surface area contributed by atoms with Crippen LogP contribution in [-0.4, -0.2) is 37.5 Å². The molecule has 104 valence electrons. The normalized spacial score (nSPS) is 18.5. The first kappa shape index (κ1) is 14.1. The molecule has 3 nitrogen and oxygen atoms in total. The maximum atomic E-state index is 12.1. The maximum absolute atomic E-state index is 12.1. The smallest absolute Gasteiger partial charge is 0.222 e. The minimum Gasteiger partial charge on any atom is -0.345 e. The quantitative estimate of drug-likeness (QED) is 0.878. The maximum Gasteiger partial charge on any atom is 0.222 e. The van der Waals surface area contributed by atoms with Crippen molar-refractivity contribution in [2.24, 2.45) is 5.92 Å². The highest BCUT2D eigenvalue weighted by molar-refractivity contribution is 5.76. The monoisotopic (exact) mass is 260 g/mol. The van der Waals surface area contributed by atoms with Gasteiger partial charge in [0.25, 0.3) is 0 Å². The lowest BCUT2D eigenvalue weighted by Gasteiger charge is -2.20. The number of carbonyl (C=O) groups excluding carboxylic acids is 1. The number of nitrogens with zero attached hydrogens (tertiary/aromatic N) is 1. The Bertz CT molecular complexity index is 407. The van der Waals surface area contributed by atoms with Crippen molar-refractivity contribution in [3.8, 4) is 0 Å². The number of amides is 1. The van der Waals surface area contributed by atoms with Gasteiger partial charge in [-0.05, 0) is 44.3 Å². The van der Waals surface area contributed by atoms with Gasteiger partial charge in [0.1, 0.15) is 0 Å². The van der Waals surface area contributed by atoms with E-state index >= 15 is 0 Å². The lowest BCUT2D eigenvalue weighted by atomic mass is 10.1. The van der Waals surface area contributed by atoms with E-state index < -0.39 is 0 Å². The fourth-order valence-corrected chi connectivity index (χ4v) is 2.56. The Morgan fingerprint density at radius 2 is 2.11 bits per heavy atom. The Kier molecular flexibility index (Phi) is 4.97. The van der Waals surface area contributed by atoms with Crippen LogP contribution in [0.15, 0.2) is 24.3 Å². The predicted octanol–water partition coefficient (Wildman–Crippen LogP) is 2.00. The van der Waals surface area contributed by atoms with Crippen molar-refractivity contribution in [1.82, 2.24) is 10.2 Å². The van der Waals surface area contributed by atoms with Crippen LogP contribution >= 0.6 is 0 Å². The van der Waals surface area contributed by atoms with E-state index in [0.717, 1.165) is 26.1 Å². The fraction of sp³-hybridized carbons (Fsp3) is 0.562. The van der Waals surface area contributed by atoms with Crippen molar-refractivity contribution in [2.75, 3.05) is 26.7 Å². The molecule has 1 fully saturated rings. The molecule has 1 aliphatic rings. The number of hydrogen-bond donors (Lipinski definition) is 1. The average molecular weight is 260 g/mol. The van der Waals surface area contributed by atoms with Crippen LogP contribution in [0.25, 0.3) is 0 Å². The highest BCUT2D eigenvalue weighted by atomic mass is 16.2. The molecular weight excluding hydrogens is 236 g/mol. The second-order valence-corrected chi connectivity index (χ2v) is 5.62. The first-order valence-corrected chi connectivity index (χ1v) is 7.15. The van der Waals surface area contributed by atoms with Crippen molar-refractivity contribution in [1.29, 1.82) is 0 Å². The summed E-state index contributed by atoms with van der Waals surface area (Å²) in [7, 11) is 1.93. The van der Waals surface area contributed by atoms with E-state index in [1.165, 1.54) is 17.5 Å². The summed E-state index contributed by atoms with van der Waals surface area (Å²) in [6, 6.07) is 8.44. The highest BCUT2D eigenvalue weighted by Crippen LogP contribution is 2.11. The van der Waals surface area contributed by atoms with Crippen LogP contribution < -0.4 is 5.32 Å². The second kappa shape index (κ2) is 6.71. The first-order valence-electron chi connectivity index (χ1n) is 7.15. The molecule has 19 heavy (non-hydrogen) atoms. The van der Waals surface area contributed by atoms with Crippen molar-refractivity contribution in [2.45, 2.75) is 26.2 Å². The third kappa shape index (κ3) is 4.35. The first-order chi connectivity index (χ1) is 9.15. The zero-order valence-electron chi connectivity index (χ0n) is 12.0. The molecule has 1 aromatic rings. The van der Waals surface area contributed by atoms with Crippen molar-refractivity contribution < 1.29 is 4.79 Å². The number of aryl methyl sites for hydroxylation is 2. The summed E-state index contributed by atoms with van der Waals surface area (Å²) in [5, 5.41) is 3.34. The second-order valence-electron chi connectivity index (χ2n) is 5.62. The van der Waals surface area contributed by atoms with E-state index in [0.29, 0.717) is 12.3 Å². The molecule has 1 heterocycles. The number of benzene rings is 1. The molecule has 0 radical (unpaired) electrons. The van der Waals surface area contributed by atoms with Crippen LogP contribution in [0.5, 0.6) is 0 Å². The summed E-state index contributed by atoms with van der Waals surface area (Å²) < 4.78 is 0. The molecule has 1 aromatic carbocycles. The van der Waals surface area contributed by atoms with Gasteiger partial charge in [0, 0.05) is 20.0 Å². The summed E-state index contributed by atoms with van der Waals surface area (Å²) >= 11 is 0. The van der Waals surface area contributed by atoms with Gasteiger partial charge in [-0.2, -0.15) is 0 Å². The zero-order chi connectivity index (χ0) is 13.7. The molecule has 1 atom stereocenters. The van der Waals surface area contributed by atoms with Crippen LogP contribution in [-0.2, 0) is 11.2 Å². The number of carbonyl (C=O) groups is 1. The zero-order valence-corrected chi connectivity index (χ0v) is 12.0. The summed E-state index contributed by atoms with van der Waals surface area (Å²) in [5.41, 5.74) is 2.51. The molecule has 1 amide bonds. The molecule has 3 heteroatoms. The van der Waals surface area contributed by atoms with Crippen molar-refractivity contribution in [3.63, 3.8) is 0 Å². The average Bonchev–Trinajstić information content (AvgIpc) is 2.90. The van der Waals surface area contributed by atoms with E-state index in [1.54, 1.807) is 0 Å². The fourth-order valence-electron chi connectivity index (χ4n) is 2.56. The third-order valence-corrected chi connectivity index (χ3v) is 3.87. The van der Waals surface area contributed by atoms with Crippen molar-refractivity contribution >= 4 is 5.91 Å². The van der Waals surface area contributed by atoms with Gasteiger partial charge in [-0.3, -0.25) is 4.79 Å². The van der Waals surface area contributed by atoms with Gasteiger partial charge >= 0.3 is 0 Å². The Balaban J connectivity index is 1.75.